The zero-order valence-corrected chi connectivity index (χ0v) is 10.4. The third-order valence-corrected chi connectivity index (χ3v) is 3.39. The largest absolute Gasteiger partial charge is 0.330 e. The van der Waals surface area contributed by atoms with Crippen molar-refractivity contribution in [2.24, 2.45) is 11.7 Å². The van der Waals surface area contributed by atoms with Gasteiger partial charge in [0.15, 0.2) is 0 Å². The molecule has 1 unspecified atom stereocenters. The molecule has 0 bridgehead atoms. The van der Waals surface area contributed by atoms with Gasteiger partial charge in [-0.15, -0.1) is 0 Å². The molecule has 0 spiro atoms. The summed E-state index contributed by atoms with van der Waals surface area (Å²) < 4.78 is 0. The van der Waals surface area contributed by atoms with Gasteiger partial charge in [-0.05, 0) is 37.0 Å². The summed E-state index contributed by atoms with van der Waals surface area (Å²) >= 11 is 11.6. The second-order valence-corrected chi connectivity index (χ2v) is 4.78. The summed E-state index contributed by atoms with van der Waals surface area (Å²) in [6.45, 7) is 3.60. The van der Waals surface area contributed by atoms with Gasteiger partial charge < -0.3 is 5.73 Å². The fourth-order valence-electron chi connectivity index (χ4n) is 1.96. The van der Waals surface area contributed by atoms with Crippen molar-refractivity contribution < 1.29 is 0 Å². The molecule has 0 aromatic carbocycles. The Bertz CT molecular complexity index is 372. The van der Waals surface area contributed by atoms with Gasteiger partial charge in [0.05, 0.1) is 0 Å². The molecule has 1 aliphatic rings. The van der Waals surface area contributed by atoms with Crippen LogP contribution in [0.2, 0.25) is 10.4 Å². The topological polar surface area (TPSA) is 55.0 Å². The van der Waals surface area contributed by atoms with Crippen LogP contribution in [0.4, 0.5) is 0 Å². The molecule has 1 aliphatic heterocycles. The second kappa shape index (κ2) is 5.27. The van der Waals surface area contributed by atoms with E-state index in [0.717, 1.165) is 38.2 Å². The Kier molecular flexibility index (Phi) is 3.97. The summed E-state index contributed by atoms with van der Waals surface area (Å²) in [4.78, 5) is 10.2. The van der Waals surface area contributed by atoms with Gasteiger partial charge in [-0.3, -0.25) is 4.90 Å². The molecule has 1 saturated heterocycles. The molecule has 1 aromatic rings. The summed E-state index contributed by atoms with van der Waals surface area (Å²) in [6.07, 6.45) is 2.84. The van der Waals surface area contributed by atoms with Crippen molar-refractivity contribution in [2.75, 3.05) is 19.6 Å². The molecule has 1 aromatic heterocycles. The van der Waals surface area contributed by atoms with Crippen LogP contribution in [0.3, 0.4) is 0 Å². The van der Waals surface area contributed by atoms with Crippen molar-refractivity contribution >= 4 is 23.2 Å². The molecule has 0 aliphatic carbocycles. The maximum atomic E-state index is 5.99. The van der Waals surface area contributed by atoms with E-state index in [-0.39, 0.29) is 5.28 Å². The Morgan fingerprint density at radius 3 is 2.94 bits per heavy atom. The van der Waals surface area contributed by atoms with E-state index in [1.54, 1.807) is 6.20 Å². The molecule has 4 nitrogen and oxygen atoms in total. The highest BCUT2D eigenvalue weighted by Gasteiger charge is 2.21. The van der Waals surface area contributed by atoms with Crippen LogP contribution in [0.5, 0.6) is 0 Å². The van der Waals surface area contributed by atoms with Gasteiger partial charge >= 0.3 is 0 Å². The average molecular weight is 261 g/mol. The number of hydrogen-bond acceptors (Lipinski definition) is 4. The lowest BCUT2D eigenvalue weighted by Gasteiger charge is -2.15. The molecule has 2 rings (SSSR count). The third-order valence-electron chi connectivity index (χ3n) is 2.88. The van der Waals surface area contributed by atoms with Gasteiger partial charge in [0.1, 0.15) is 5.15 Å². The van der Waals surface area contributed by atoms with Crippen LogP contribution < -0.4 is 5.73 Å². The van der Waals surface area contributed by atoms with E-state index in [9.17, 15) is 0 Å². The van der Waals surface area contributed by atoms with E-state index in [2.05, 4.69) is 14.9 Å². The van der Waals surface area contributed by atoms with Crippen LogP contribution in [0.25, 0.3) is 0 Å². The molecule has 0 amide bonds. The molecule has 88 valence electrons. The fourth-order valence-corrected chi connectivity index (χ4v) is 2.33. The van der Waals surface area contributed by atoms with Crippen LogP contribution in [0.15, 0.2) is 6.20 Å². The molecular weight excluding hydrogens is 247 g/mol. The first-order valence-electron chi connectivity index (χ1n) is 5.28. The Hall–Kier alpha value is -0.420. The highest BCUT2D eigenvalue weighted by Crippen LogP contribution is 2.21. The first-order chi connectivity index (χ1) is 7.69. The Morgan fingerprint density at radius 2 is 2.31 bits per heavy atom. The highest BCUT2D eigenvalue weighted by atomic mass is 35.5. The minimum Gasteiger partial charge on any atom is -0.330 e. The molecule has 2 N–H and O–H groups in total. The number of nitrogens with two attached hydrogens (primary N) is 1. The quantitative estimate of drug-likeness (QED) is 0.662. The number of halogens is 2. The van der Waals surface area contributed by atoms with E-state index < -0.39 is 0 Å². The zero-order chi connectivity index (χ0) is 11.5. The molecule has 1 fully saturated rings. The standard InChI is InChI=1S/C10H14Cl2N4/c11-9-8(4-14-10(12)15-9)6-16-2-1-7(3-13)5-16/h4,7H,1-3,5-6,13H2. The first-order valence-corrected chi connectivity index (χ1v) is 6.04. The van der Waals surface area contributed by atoms with Gasteiger partial charge in [-0.25, -0.2) is 9.97 Å². The number of likely N-dealkylation sites (tertiary alicyclic amines) is 1. The monoisotopic (exact) mass is 260 g/mol. The predicted molar refractivity (Wildman–Crippen MR) is 64.5 cm³/mol. The van der Waals surface area contributed by atoms with E-state index in [0.29, 0.717) is 11.1 Å². The summed E-state index contributed by atoms with van der Waals surface area (Å²) in [7, 11) is 0. The molecule has 6 heteroatoms. The normalized spacial score (nSPS) is 21.6. The molecule has 16 heavy (non-hydrogen) atoms. The van der Waals surface area contributed by atoms with Crippen LogP contribution in [0.1, 0.15) is 12.0 Å². The van der Waals surface area contributed by atoms with E-state index in [1.807, 2.05) is 0 Å². The van der Waals surface area contributed by atoms with Crippen molar-refractivity contribution in [3.05, 3.63) is 22.2 Å². The number of nitrogens with zero attached hydrogens (tertiary/aromatic N) is 3. The minimum atomic E-state index is 0.190. The maximum absolute atomic E-state index is 5.99. The molecule has 0 saturated carbocycles. The first kappa shape index (κ1) is 12.0. The van der Waals surface area contributed by atoms with Gasteiger partial charge in [-0.1, -0.05) is 11.6 Å². The van der Waals surface area contributed by atoms with Gasteiger partial charge in [-0.2, -0.15) is 0 Å². The predicted octanol–water partition coefficient (Wildman–Crippen LogP) is 1.56. The van der Waals surface area contributed by atoms with Crippen molar-refractivity contribution in [3.63, 3.8) is 0 Å². The lowest BCUT2D eigenvalue weighted by Crippen LogP contribution is -2.23. The van der Waals surface area contributed by atoms with Gasteiger partial charge in [0.2, 0.25) is 5.28 Å². The summed E-state index contributed by atoms with van der Waals surface area (Å²) in [5, 5.41) is 0.631. The SMILES string of the molecule is NCC1CCN(Cc2cnc(Cl)nc2Cl)C1. The summed E-state index contributed by atoms with van der Waals surface area (Å²) in [6, 6.07) is 0. The smallest absolute Gasteiger partial charge is 0.223 e. The van der Waals surface area contributed by atoms with Crippen molar-refractivity contribution in [3.8, 4) is 0 Å². The average Bonchev–Trinajstić information content (AvgIpc) is 2.70. The number of hydrogen-bond donors (Lipinski definition) is 1. The lowest BCUT2D eigenvalue weighted by atomic mass is 10.1. The number of rotatable bonds is 3. The Labute approximate surface area is 105 Å². The molecule has 2 heterocycles. The van der Waals surface area contributed by atoms with Crippen LogP contribution in [-0.2, 0) is 6.54 Å². The second-order valence-electron chi connectivity index (χ2n) is 4.08. The fraction of sp³-hybridized carbons (Fsp3) is 0.600. The maximum Gasteiger partial charge on any atom is 0.223 e. The summed E-state index contributed by atoms with van der Waals surface area (Å²) in [5.41, 5.74) is 6.56. The van der Waals surface area contributed by atoms with Crippen LogP contribution in [-0.4, -0.2) is 34.5 Å². The third kappa shape index (κ3) is 2.83. The lowest BCUT2D eigenvalue weighted by molar-refractivity contribution is 0.317. The zero-order valence-electron chi connectivity index (χ0n) is 8.87. The molecular formula is C10H14Cl2N4. The van der Waals surface area contributed by atoms with Crippen molar-refractivity contribution in [1.29, 1.82) is 0 Å². The van der Waals surface area contributed by atoms with Crippen molar-refractivity contribution in [1.82, 2.24) is 14.9 Å². The molecule has 0 radical (unpaired) electrons. The van der Waals surface area contributed by atoms with Gasteiger partial charge in [0, 0.05) is 24.8 Å². The van der Waals surface area contributed by atoms with E-state index >= 15 is 0 Å². The van der Waals surface area contributed by atoms with Crippen molar-refractivity contribution in [2.45, 2.75) is 13.0 Å². The Balaban J connectivity index is 1.99. The molecule has 1 atom stereocenters. The van der Waals surface area contributed by atoms with Gasteiger partial charge in [0.25, 0.3) is 0 Å². The van der Waals surface area contributed by atoms with E-state index in [1.165, 1.54) is 0 Å². The summed E-state index contributed by atoms with van der Waals surface area (Å²) in [5.74, 6) is 0.604. The van der Waals surface area contributed by atoms with E-state index in [4.69, 9.17) is 28.9 Å². The van der Waals surface area contributed by atoms with Crippen LogP contribution in [0, 0.1) is 5.92 Å². The Morgan fingerprint density at radius 1 is 1.50 bits per heavy atom. The minimum absolute atomic E-state index is 0.190. The van der Waals surface area contributed by atoms with Crippen LogP contribution >= 0.6 is 23.2 Å². The highest BCUT2D eigenvalue weighted by molar-refractivity contribution is 6.32. The number of aromatic nitrogens is 2.